The topological polar surface area (TPSA) is 66.1 Å². The van der Waals surface area contributed by atoms with E-state index >= 15 is 0 Å². The molecule has 2 heterocycles. The maximum Gasteiger partial charge on any atom is 0.337 e. The molecule has 7 heteroatoms. The molecule has 0 saturated carbocycles. The van der Waals surface area contributed by atoms with Crippen molar-refractivity contribution in [3.8, 4) is 11.3 Å². The number of benzene rings is 3. The van der Waals surface area contributed by atoms with Gasteiger partial charge in [0, 0.05) is 35.8 Å². The van der Waals surface area contributed by atoms with Crippen LogP contribution in [0, 0.1) is 5.92 Å². The largest absolute Gasteiger partial charge is 0.465 e. The minimum absolute atomic E-state index is 0.214. The summed E-state index contributed by atoms with van der Waals surface area (Å²) in [4.78, 5) is 26.0. The number of hydrogen-bond acceptors (Lipinski definition) is 4. The molecule has 0 bridgehead atoms. The quantitative estimate of drug-likeness (QED) is 0.252. The first-order valence-electron chi connectivity index (χ1n) is 12.2. The van der Waals surface area contributed by atoms with Crippen LogP contribution in [-0.2, 0) is 24.8 Å². The number of carbonyl (C=O) groups excluding carboxylic acids is 1. The van der Waals surface area contributed by atoms with Crippen LogP contribution in [0.15, 0.2) is 71.7 Å². The Morgan fingerprint density at radius 3 is 2.57 bits per heavy atom. The van der Waals surface area contributed by atoms with E-state index < -0.39 is 5.97 Å². The second-order valence-corrected chi connectivity index (χ2v) is 10.1. The lowest BCUT2D eigenvalue weighted by Gasteiger charge is -2.14. The lowest BCUT2D eigenvalue weighted by atomic mass is 10.0. The van der Waals surface area contributed by atoms with Crippen molar-refractivity contribution < 1.29 is 9.53 Å². The predicted octanol–water partition coefficient (Wildman–Crippen LogP) is 6.24. The molecule has 0 fully saturated rings. The van der Waals surface area contributed by atoms with E-state index in [1.54, 1.807) is 25.2 Å². The smallest absolute Gasteiger partial charge is 0.337 e. The molecule has 0 radical (unpaired) electrons. The number of fused-ring (bicyclic) bond motifs is 2. The first-order chi connectivity index (χ1) is 17.8. The van der Waals surface area contributed by atoms with Crippen molar-refractivity contribution in [1.29, 1.82) is 0 Å². The fourth-order valence-electron chi connectivity index (χ4n) is 4.95. The van der Waals surface area contributed by atoms with Crippen molar-refractivity contribution in [1.82, 2.24) is 14.3 Å². The molecule has 0 aliphatic heterocycles. The summed E-state index contributed by atoms with van der Waals surface area (Å²) in [5.41, 5.74) is 3.36. The molecular weight excluding hydrogens is 486 g/mol. The summed E-state index contributed by atoms with van der Waals surface area (Å²) in [7, 11) is 3.01. The number of halogens is 1. The third-order valence-electron chi connectivity index (χ3n) is 6.63. The van der Waals surface area contributed by atoms with Crippen LogP contribution in [0.5, 0.6) is 0 Å². The van der Waals surface area contributed by atoms with Crippen LogP contribution >= 0.6 is 11.6 Å². The Morgan fingerprint density at radius 1 is 1.05 bits per heavy atom. The number of esters is 1. The summed E-state index contributed by atoms with van der Waals surface area (Å²) in [6.07, 6.45) is 2.72. The highest BCUT2D eigenvalue weighted by Crippen LogP contribution is 2.36. The van der Waals surface area contributed by atoms with Gasteiger partial charge in [0.25, 0.3) is 5.56 Å². The van der Waals surface area contributed by atoms with Crippen LogP contribution < -0.4 is 5.56 Å². The molecule has 3 aromatic carbocycles. The molecule has 0 unspecified atom stereocenters. The Kier molecular flexibility index (Phi) is 6.61. The first kappa shape index (κ1) is 24.8. The van der Waals surface area contributed by atoms with E-state index in [-0.39, 0.29) is 5.56 Å². The Balaban J connectivity index is 1.84. The van der Waals surface area contributed by atoms with Gasteiger partial charge in [0.05, 0.1) is 29.4 Å². The summed E-state index contributed by atoms with van der Waals surface area (Å²) in [6.45, 7) is 4.76. The van der Waals surface area contributed by atoms with Crippen molar-refractivity contribution in [3.05, 3.63) is 99.1 Å². The van der Waals surface area contributed by atoms with E-state index in [0.29, 0.717) is 39.7 Å². The molecule has 2 aromatic heterocycles. The first-order valence-corrected chi connectivity index (χ1v) is 12.6. The third kappa shape index (κ3) is 4.53. The maximum absolute atomic E-state index is 13.6. The van der Waals surface area contributed by atoms with E-state index in [2.05, 4.69) is 47.8 Å². The van der Waals surface area contributed by atoms with Crippen molar-refractivity contribution >= 4 is 39.1 Å². The van der Waals surface area contributed by atoms with Crippen LogP contribution in [0.25, 0.3) is 32.8 Å². The van der Waals surface area contributed by atoms with Crippen LogP contribution in [0.2, 0.25) is 5.02 Å². The van der Waals surface area contributed by atoms with Gasteiger partial charge in [-0.05, 0) is 46.9 Å². The summed E-state index contributed by atoms with van der Waals surface area (Å²) >= 11 is 6.73. The second-order valence-electron chi connectivity index (χ2n) is 9.69. The number of rotatable bonds is 6. The molecule has 0 spiro atoms. The molecule has 5 aromatic rings. The molecule has 0 atom stereocenters. The molecule has 6 nitrogen and oxygen atoms in total. The number of nitrogens with zero attached hydrogens (tertiary/aromatic N) is 3. The third-order valence-corrected chi connectivity index (χ3v) is 6.96. The number of aromatic nitrogens is 3. The van der Waals surface area contributed by atoms with Crippen molar-refractivity contribution in [2.45, 2.75) is 26.8 Å². The van der Waals surface area contributed by atoms with E-state index in [4.69, 9.17) is 16.3 Å². The highest BCUT2D eigenvalue weighted by Gasteiger charge is 2.23. The van der Waals surface area contributed by atoms with Gasteiger partial charge < -0.3 is 9.30 Å². The number of ether oxygens (including phenoxy) is 1. The van der Waals surface area contributed by atoms with Crippen LogP contribution in [0.1, 0.15) is 35.5 Å². The average molecular weight is 514 g/mol. The molecule has 37 heavy (non-hydrogen) atoms. The van der Waals surface area contributed by atoms with Crippen molar-refractivity contribution in [2.75, 3.05) is 7.11 Å². The summed E-state index contributed by atoms with van der Waals surface area (Å²) in [5, 5.41) is 8.67. The molecular formula is C30H28ClN3O3. The standard InChI is InChI=1S/C30H28ClN3O3/c1-18(2)14-26-24-17-34(16-21-10-7-9-19-8-5-6-11-22(19)21)28(27(24)29(35)33(3)32-26)23-15-20(30(36)37-4)12-13-25(23)31/h5-13,15,17-18H,14,16H2,1-4H3. The Morgan fingerprint density at radius 2 is 1.81 bits per heavy atom. The predicted molar refractivity (Wildman–Crippen MR) is 148 cm³/mol. The zero-order valence-corrected chi connectivity index (χ0v) is 22.0. The zero-order valence-electron chi connectivity index (χ0n) is 21.3. The normalized spacial score (nSPS) is 11.5. The van der Waals surface area contributed by atoms with Crippen molar-refractivity contribution in [2.24, 2.45) is 13.0 Å². The highest BCUT2D eigenvalue weighted by molar-refractivity contribution is 6.33. The van der Waals surface area contributed by atoms with E-state index in [9.17, 15) is 9.59 Å². The Labute approximate surface area is 220 Å². The van der Waals surface area contributed by atoms with Gasteiger partial charge in [0.2, 0.25) is 0 Å². The number of methoxy groups -OCH3 is 1. The molecule has 0 N–H and O–H groups in total. The summed E-state index contributed by atoms with van der Waals surface area (Å²) in [6, 6.07) is 19.4. The fraction of sp³-hybridized carbons (Fsp3) is 0.233. The van der Waals surface area contributed by atoms with Gasteiger partial charge in [-0.1, -0.05) is 67.9 Å². The lowest BCUT2D eigenvalue weighted by Crippen LogP contribution is -2.22. The Hall–Kier alpha value is -3.90. The van der Waals surface area contributed by atoms with Gasteiger partial charge in [-0.15, -0.1) is 0 Å². The van der Waals surface area contributed by atoms with Crippen LogP contribution in [0.3, 0.4) is 0 Å². The molecule has 5 rings (SSSR count). The van der Waals surface area contributed by atoms with Gasteiger partial charge in [-0.2, -0.15) is 5.10 Å². The van der Waals surface area contributed by atoms with Crippen LogP contribution in [-0.4, -0.2) is 27.4 Å². The van der Waals surface area contributed by atoms with Gasteiger partial charge in [0.1, 0.15) is 0 Å². The number of hydrogen-bond donors (Lipinski definition) is 0. The minimum atomic E-state index is -0.468. The molecule has 0 saturated heterocycles. The lowest BCUT2D eigenvalue weighted by molar-refractivity contribution is 0.0601. The average Bonchev–Trinajstić information content (AvgIpc) is 3.26. The SMILES string of the molecule is COC(=O)c1ccc(Cl)c(-c2c3c(=O)n(C)nc(CC(C)C)c3cn2Cc2cccc3ccccc23)c1. The van der Waals surface area contributed by atoms with Gasteiger partial charge in [-0.3, -0.25) is 4.79 Å². The minimum Gasteiger partial charge on any atom is -0.465 e. The molecule has 0 aliphatic rings. The van der Waals surface area contributed by atoms with Gasteiger partial charge in [0.15, 0.2) is 0 Å². The monoisotopic (exact) mass is 513 g/mol. The van der Waals surface area contributed by atoms with E-state index in [1.807, 2.05) is 24.4 Å². The fourth-order valence-corrected chi connectivity index (χ4v) is 5.16. The molecule has 0 amide bonds. The summed E-state index contributed by atoms with van der Waals surface area (Å²) < 4.78 is 8.40. The second kappa shape index (κ2) is 9.87. The maximum atomic E-state index is 13.6. The van der Waals surface area contributed by atoms with E-state index in [0.717, 1.165) is 33.8 Å². The Bertz CT molecular complexity index is 1710. The highest BCUT2D eigenvalue weighted by atomic mass is 35.5. The van der Waals surface area contributed by atoms with Crippen molar-refractivity contribution in [3.63, 3.8) is 0 Å². The van der Waals surface area contributed by atoms with Gasteiger partial charge in [-0.25, -0.2) is 9.48 Å². The van der Waals surface area contributed by atoms with Gasteiger partial charge >= 0.3 is 5.97 Å². The summed E-state index contributed by atoms with van der Waals surface area (Å²) in [5.74, 6) is -0.117. The number of carbonyl (C=O) groups is 1. The zero-order chi connectivity index (χ0) is 26.3. The molecule has 0 aliphatic carbocycles. The molecule has 188 valence electrons. The van der Waals surface area contributed by atoms with E-state index in [1.165, 1.54) is 11.8 Å². The van der Waals surface area contributed by atoms with Crippen LogP contribution in [0.4, 0.5) is 0 Å². The number of aryl methyl sites for hydroxylation is 1.